The highest BCUT2D eigenvalue weighted by Crippen LogP contribution is 2.18. The monoisotopic (exact) mass is 361 g/mol. The van der Waals surface area contributed by atoms with Gasteiger partial charge in [0.25, 0.3) is 5.91 Å². The zero-order chi connectivity index (χ0) is 17.0. The molecule has 0 unspecified atom stereocenters. The van der Waals surface area contributed by atoms with E-state index in [2.05, 4.69) is 15.5 Å². The van der Waals surface area contributed by atoms with Gasteiger partial charge in [0.1, 0.15) is 5.82 Å². The number of rotatable bonds is 6. The maximum Gasteiger partial charge on any atom is 0.335 e. The standard InChI is InChI=1S/C13H13ClFN3O4S/c1-23(20,21)13-18-17-10(22-13)6-3-7-16-12(19)11-8(14)4-2-5-9(11)15/h2,4-5H,3,6-7H2,1H3,(H,16,19). The number of hydrogen-bond acceptors (Lipinski definition) is 6. The summed E-state index contributed by atoms with van der Waals surface area (Å²) >= 11 is 5.79. The first kappa shape index (κ1) is 17.4. The molecule has 0 spiro atoms. The number of aryl methyl sites for hydroxylation is 1. The number of benzene rings is 1. The van der Waals surface area contributed by atoms with Gasteiger partial charge in [-0.1, -0.05) is 22.8 Å². The molecule has 124 valence electrons. The second-order valence-corrected chi connectivity index (χ2v) is 6.99. The zero-order valence-electron chi connectivity index (χ0n) is 12.0. The van der Waals surface area contributed by atoms with Crippen LogP contribution in [0.4, 0.5) is 4.39 Å². The molecule has 0 aliphatic heterocycles. The number of carbonyl (C=O) groups excluding carboxylic acids is 1. The summed E-state index contributed by atoms with van der Waals surface area (Å²) in [6.45, 7) is 0.208. The Bertz CT molecular complexity index is 802. The van der Waals surface area contributed by atoms with Crippen LogP contribution in [0.15, 0.2) is 27.8 Å². The van der Waals surface area contributed by atoms with Crippen molar-refractivity contribution in [2.45, 2.75) is 18.1 Å². The second kappa shape index (κ2) is 7.05. The van der Waals surface area contributed by atoms with Gasteiger partial charge in [0.2, 0.25) is 15.7 Å². The molecular formula is C13H13ClFN3O4S. The summed E-state index contributed by atoms with van der Waals surface area (Å²) in [5, 5.41) is 9.10. The van der Waals surface area contributed by atoms with Crippen molar-refractivity contribution in [1.82, 2.24) is 15.5 Å². The van der Waals surface area contributed by atoms with Crippen molar-refractivity contribution in [3.63, 3.8) is 0 Å². The number of sulfone groups is 1. The SMILES string of the molecule is CS(=O)(=O)c1nnc(CCCNC(=O)c2c(F)cccc2Cl)o1. The van der Waals surface area contributed by atoms with Gasteiger partial charge in [-0.3, -0.25) is 4.79 Å². The van der Waals surface area contributed by atoms with Crippen molar-refractivity contribution in [3.05, 3.63) is 40.5 Å². The summed E-state index contributed by atoms with van der Waals surface area (Å²) in [4.78, 5) is 11.9. The van der Waals surface area contributed by atoms with Crippen molar-refractivity contribution < 1.29 is 22.0 Å². The summed E-state index contributed by atoms with van der Waals surface area (Å²) in [6.07, 6.45) is 1.64. The Morgan fingerprint density at radius 3 is 2.74 bits per heavy atom. The molecule has 2 aromatic rings. The molecular weight excluding hydrogens is 349 g/mol. The van der Waals surface area contributed by atoms with Gasteiger partial charge in [-0.05, 0) is 18.6 Å². The molecule has 0 bridgehead atoms. The van der Waals surface area contributed by atoms with Crippen molar-refractivity contribution >= 4 is 27.3 Å². The maximum atomic E-state index is 13.6. The number of carbonyl (C=O) groups is 1. The largest absolute Gasteiger partial charge is 0.413 e. The average Bonchev–Trinajstić information content (AvgIpc) is 2.92. The molecule has 10 heteroatoms. The van der Waals surface area contributed by atoms with Crippen LogP contribution in [0.1, 0.15) is 22.7 Å². The molecule has 0 aliphatic carbocycles. The zero-order valence-corrected chi connectivity index (χ0v) is 13.6. The van der Waals surface area contributed by atoms with E-state index in [-0.39, 0.29) is 29.4 Å². The summed E-state index contributed by atoms with van der Waals surface area (Å²) in [7, 11) is -3.54. The number of halogens is 2. The van der Waals surface area contributed by atoms with Gasteiger partial charge in [0, 0.05) is 19.2 Å². The number of hydrogen-bond donors (Lipinski definition) is 1. The van der Waals surface area contributed by atoms with E-state index in [1.807, 2.05) is 0 Å². The summed E-state index contributed by atoms with van der Waals surface area (Å²) in [6, 6.07) is 3.97. The minimum Gasteiger partial charge on any atom is -0.413 e. The molecule has 1 aromatic carbocycles. The Morgan fingerprint density at radius 2 is 2.13 bits per heavy atom. The topological polar surface area (TPSA) is 102 Å². The van der Waals surface area contributed by atoms with Crippen LogP contribution in [-0.2, 0) is 16.3 Å². The first-order valence-corrected chi connectivity index (χ1v) is 8.80. The fourth-order valence-electron chi connectivity index (χ4n) is 1.73. The van der Waals surface area contributed by atoms with Crippen molar-refractivity contribution in [2.24, 2.45) is 0 Å². The Morgan fingerprint density at radius 1 is 1.39 bits per heavy atom. The summed E-state index contributed by atoms with van der Waals surface area (Å²) in [5.74, 6) is -1.19. The van der Waals surface area contributed by atoms with Gasteiger partial charge in [-0.15, -0.1) is 5.10 Å². The van der Waals surface area contributed by atoms with E-state index in [1.54, 1.807) is 0 Å². The Balaban J connectivity index is 1.86. The van der Waals surface area contributed by atoms with Crippen molar-refractivity contribution in [2.75, 3.05) is 12.8 Å². The lowest BCUT2D eigenvalue weighted by molar-refractivity contribution is 0.0949. The van der Waals surface area contributed by atoms with Gasteiger partial charge < -0.3 is 9.73 Å². The van der Waals surface area contributed by atoms with E-state index in [0.717, 1.165) is 12.3 Å². The molecule has 1 heterocycles. The van der Waals surface area contributed by atoms with Gasteiger partial charge in [-0.25, -0.2) is 12.8 Å². The molecule has 0 fully saturated rings. The highest BCUT2D eigenvalue weighted by Gasteiger charge is 2.17. The number of aromatic nitrogens is 2. The summed E-state index contributed by atoms with van der Waals surface area (Å²) < 4.78 is 40.9. The fraction of sp³-hybridized carbons (Fsp3) is 0.308. The Kier molecular flexibility index (Phi) is 5.32. The normalized spacial score (nSPS) is 11.4. The van der Waals surface area contributed by atoms with Crippen LogP contribution < -0.4 is 5.32 Å². The molecule has 0 aliphatic rings. The van der Waals surface area contributed by atoms with E-state index in [4.69, 9.17) is 16.0 Å². The smallest absolute Gasteiger partial charge is 0.335 e. The molecule has 2 rings (SSSR count). The fourth-order valence-corrected chi connectivity index (χ4v) is 2.42. The predicted octanol–water partition coefficient (Wildman–Crippen LogP) is 1.63. The third-order valence-electron chi connectivity index (χ3n) is 2.81. The molecule has 0 saturated heterocycles. The van der Waals surface area contributed by atoms with E-state index < -0.39 is 26.8 Å². The van der Waals surface area contributed by atoms with Crippen LogP contribution in [0.2, 0.25) is 5.02 Å². The van der Waals surface area contributed by atoms with Crippen LogP contribution in [-0.4, -0.2) is 37.3 Å². The minimum atomic E-state index is -3.54. The number of nitrogens with zero attached hydrogens (tertiary/aromatic N) is 2. The van der Waals surface area contributed by atoms with E-state index in [1.165, 1.54) is 12.1 Å². The number of nitrogens with one attached hydrogen (secondary N) is 1. The van der Waals surface area contributed by atoms with Crippen LogP contribution in [0.25, 0.3) is 0 Å². The lowest BCUT2D eigenvalue weighted by Gasteiger charge is -2.06. The first-order valence-electron chi connectivity index (χ1n) is 6.53. The van der Waals surface area contributed by atoms with E-state index >= 15 is 0 Å². The van der Waals surface area contributed by atoms with Gasteiger partial charge in [0.15, 0.2) is 0 Å². The van der Waals surface area contributed by atoms with Gasteiger partial charge >= 0.3 is 5.22 Å². The lowest BCUT2D eigenvalue weighted by Crippen LogP contribution is -2.26. The van der Waals surface area contributed by atoms with Crippen LogP contribution in [0, 0.1) is 5.82 Å². The van der Waals surface area contributed by atoms with Crippen molar-refractivity contribution in [3.8, 4) is 0 Å². The average molecular weight is 362 g/mol. The van der Waals surface area contributed by atoms with Gasteiger partial charge in [0.05, 0.1) is 10.6 Å². The summed E-state index contributed by atoms with van der Waals surface area (Å²) in [5.41, 5.74) is -0.216. The second-order valence-electron chi connectivity index (χ2n) is 4.69. The van der Waals surface area contributed by atoms with Gasteiger partial charge in [-0.2, -0.15) is 0 Å². The Labute approximate surface area is 136 Å². The molecule has 1 N–H and O–H groups in total. The maximum absolute atomic E-state index is 13.6. The number of amides is 1. The van der Waals surface area contributed by atoms with Crippen molar-refractivity contribution in [1.29, 1.82) is 0 Å². The first-order chi connectivity index (χ1) is 10.8. The third-order valence-corrected chi connectivity index (χ3v) is 3.92. The molecule has 0 saturated carbocycles. The lowest BCUT2D eigenvalue weighted by atomic mass is 10.2. The molecule has 7 nitrogen and oxygen atoms in total. The molecule has 23 heavy (non-hydrogen) atoms. The highest BCUT2D eigenvalue weighted by molar-refractivity contribution is 7.90. The molecule has 1 aromatic heterocycles. The molecule has 0 radical (unpaired) electrons. The van der Waals surface area contributed by atoms with Crippen LogP contribution in [0.3, 0.4) is 0 Å². The van der Waals surface area contributed by atoms with E-state index in [9.17, 15) is 17.6 Å². The Hall–Kier alpha value is -2.00. The quantitative estimate of drug-likeness (QED) is 0.784. The molecule has 1 amide bonds. The van der Waals surface area contributed by atoms with Crippen LogP contribution in [0.5, 0.6) is 0 Å². The van der Waals surface area contributed by atoms with E-state index in [0.29, 0.717) is 6.42 Å². The minimum absolute atomic E-state index is 0.0252. The third kappa shape index (κ3) is 4.49. The van der Waals surface area contributed by atoms with Crippen LogP contribution >= 0.6 is 11.6 Å². The predicted molar refractivity (Wildman–Crippen MR) is 79.5 cm³/mol. The molecule has 0 atom stereocenters. The highest BCUT2D eigenvalue weighted by atomic mass is 35.5.